The number of fused-ring (bicyclic) bond motifs is 1. The van der Waals surface area contributed by atoms with E-state index in [-0.39, 0.29) is 0 Å². The van der Waals surface area contributed by atoms with E-state index in [1.807, 2.05) is 53.2 Å². The molecule has 5 rings (SSSR count). The molecule has 0 saturated carbocycles. The van der Waals surface area contributed by atoms with Crippen molar-refractivity contribution in [2.75, 3.05) is 11.9 Å². The lowest BCUT2D eigenvalue weighted by Crippen LogP contribution is -2.20. The second-order valence-corrected chi connectivity index (χ2v) is 8.63. The highest BCUT2D eigenvalue weighted by Crippen LogP contribution is 2.28. The van der Waals surface area contributed by atoms with Crippen LogP contribution in [-0.4, -0.2) is 33.4 Å². The fourth-order valence-electron chi connectivity index (χ4n) is 3.11. The van der Waals surface area contributed by atoms with Crippen LogP contribution in [-0.2, 0) is 9.53 Å². The normalized spacial score (nSPS) is 10.9. The zero-order chi connectivity index (χ0) is 21.9. The van der Waals surface area contributed by atoms with Crippen molar-refractivity contribution in [1.29, 1.82) is 0 Å². The van der Waals surface area contributed by atoms with E-state index in [4.69, 9.17) is 4.74 Å². The second-order valence-electron chi connectivity index (χ2n) is 6.82. The molecule has 0 saturated heterocycles. The summed E-state index contributed by atoms with van der Waals surface area (Å²) in [6, 6.07) is 18.7. The number of H-pyrrole nitrogens is 1. The zero-order valence-electron chi connectivity index (χ0n) is 16.6. The van der Waals surface area contributed by atoms with Gasteiger partial charge in [0.1, 0.15) is 5.82 Å². The number of benzene rings is 2. The van der Waals surface area contributed by atoms with Crippen LogP contribution in [0.15, 0.2) is 71.4 Å². The van der Waals surface area contributed by atoms with Gasteiger partial charge in [0.2, 0.25) is 0 Å². The number of amides is 1. The van der Waals surface area contributed by atoms with Gasteiger partial charge in [0, 0.05) is 10.9 Å². The van der Waals surface area contributed by atoms with Crippen LogP contribution in [0.4, 0.5) is 5.13 Å². The molecule has 0 spiro atoms. The van der Waals surface area contributed by atoms with Crippen LogP contribution < -0.4 is 5.32 Å². The molecule has 5 aromatic rings. The van der Waals surface area contributed by atoms with Crippen molar-refractivity contribution in [2.24, 2.45) is 0 Å². The van der Waals surface area contributed by atoms with Gasteiger partial charge in [0.25, 0.3) is 5.91 Å². The number of aromatic nitrogens is 3. The summed E-state index contributed by atoms with van der Waals surface area (Å²) in [5, 5.41) is 6.96. The Balaban J connectivity index is 1.21. The van der Waals surface area contributed by atoms with Crippen LogP contribution in [0.2, 0.25) is 0 Å². The van der Waals surface area contributed by atoms with Crippen molar-refractivity contribution >= 4 is 50.7 Å². The molecule has 0 unspecified atom stereocenters. The molecule has 2 N–H and O–H groups in total. The Bertz CT molecular complexity index is 1390. The summed E-state index contributed by atoms with van der Waals surface area (Å²) < 4.78 is 5.18. The Morgan fingerprint density at radius 3 is 2.69 bits per heavy atom. The van der Waals surface area contributed by atoms with E-state index < -0.39 is 18.5 Å². The summed E-state index contributed by atoms with van der Waals surface area (Å²) in [6.07, 6.45) is 0. The maximum absolute atomic E-state index is 12.4. The van der Waals surface area contributed by atoms with Crippen LogP contribution in [0.1, 0.15) is 10.4 Å². The molecule has 0 atom stereocenters. The number of hydrogen-bond acceptors (Lipinski definition) is 7. The summed E-state index contributed by atoms with van der Waals surface area (Å²) in [4.78, 5) is 37.8. The minimum Gasteiger partial charge on any atom is -0.452 e. The van der Waals surface area contributed by atoms with Crippen LogP contribution in [0.5, 0.6) is 0 Å². The van der Waals surface area contributed by atoms with Crippen molar-refractivity contribution in [2.45, 2.75) is 0 Å². The number of rotatable bonds is 6. The van der Waals surface area contributed by atoms with Gasteiger partial charge in [-0.15, -0.1) is 22.7 Å². The molecule has 0 bridgehead atoms. The van der Waals surface area contributed by atoms with Crippen molar-refractivity contribution < 1.29 is 14.3 Å². The third kappa shape index (κ3) is 4.29. The van der Waals surface area contributed by atoms with E-state index in [1.165, 1.54) is 11.3 Å². The van der Waals surface area contributed by atoms with Crippen LogP contribution in [0.3, 0.4) is 0 Å². The van der Waals surface area contributed by atoms with Crippen LogP contribution in [0, 0.1) is 0 Å². The second kappa shape index (κ2) is 8.74. The van der Waals surface area contributed by atoms with E-state index in [0.29, 0.717) is 16.2 Å². The third-order valence-electron chi connectivity index (χ3n) is 4.62. The number of esters is 1. The first-order chi connectivity index (χ1) is 15.7. The van der Waals surface area contributed by atoms with Gasteiger partial charge in [-0.3, -0.25) is 10.1 Å². The van der Waals surface area contributed by atoms with Crippen LogP contribution in [0.25, 0.3) is 33.0 Å². The maximum atomic E-state index is 12.4. The maximum Gasteiger partial charge on any atom is 0.338 e. The molecule has 0 aliphatic carbocycles. The van der Waals surface area contributed by atoms with Gasteiger partial charge in [0.05, 0.1) is 27.2 Å². The predicted octanol–water partition coefficient (Wildman–Crippen LogP) is 5.21. The number of nitrogens with zero attached hydrogens (tertiary/aromatic N) is 2. The van der Waals surface area contributed by atoms with Gasteiger partial charge in [-0.05, 0) is 29.6 Å². The first-order valence-corrected chi connectivity index (χ1v) is 11.4. The molecule has 2 aromatic carbocycles. The topological polar surface area (TPSA) is 97.0 Å². The Kier molecular flexibility index (Phi) is 5.49. The van der Waals surface area contributed by atoms with Gasteiger partial charge in [-0.25, -0.2) is 14.8 Å². The molecule has 0 fully saturated rings. The Morgan fingerprint density at radius 1 is 1.00 bits per heavy atom. The van der Waals surface area contributed by atoms with Crippen molar-refractivity contribution in [1.82, 2.24) is 15.0 Å². The SMILES string of the molecule is O=C(COC(=O)c1ccc2nc(-c3ccccc3)[nH]c2c1)Nc1nc(-c2cccs2)cs1. The summed E-state index contributed by atoms with van der Waals surface area (Å²) >= 11 is 2.90. The highest BCUT2D eigenvalue weighted by Gasteiger charge is 2.14. The van der Waals surface area contributed by atoms with Crippen molar-refractivity contribution in [3.05, 3.63) is 77.0 Å². The lowest BCUT2D eigenvalue weighted by molar-refractivity contribution is -0.119. The molecule has 3 heterocycles. The van der Waals surface area contributed by atoms with E-state index >= 15 is 0 Å². The predicted molar refractivity (Wildman–Crippen MR) is 126 cm³/mol. The van der Waals surface area contributed by atoms with E-state index in [2.05, 4.69) is 20.3 Å². The van der Waals surface area contributed by atoms with Gasteiger partial charge >= 0.3 is 5.97 Å². The monoisotopic (exact) mass is 460 g/mol. The summed E-state index contributed by atoms with van der Waals surface area (Å²) in [5.74, 6) is -0.313. The van der Waals surface area contributed by atoms with E-state index in [9.17, 15) is 9.59 Å². The molecule has 3 aromatic heterocycles. The number of thiazole rings is 1. The third-order valence-corrected chi connectivity index (χ3v) is 6.27. The molecule has 0 aliphatic heterocycles. The number of anilines is 1. The smallest absolute Gasteiger partial charge is 0.338 e. The number of carbonyl (C=O) groups excluding carboxylic acids is 2. The molecular weight excluding hydrogens is 444 g/mol. The first kappa shape index (κ1) is 20.1. The largest absolute Gasteiger partial charge is 0.452 e. The average Bonchev–Trinajstić information content (AvgIpc) is 3.58. The Labute approximate surface area is 190 Å². The fraction of sp³-hybridized carbons (Fsp3) is 0.0435. The molecule has 32 heavy (non-hydrogen) atoms. The lowest BCUT2D eigenvalue weighted by Gasteiger charge is -2.04. The Hall–Kier alpha value is -3.82. The number of aromatic amines is 1. The molecule has 0 radical (unpaired) electrons. The molecule has 0 aliphatic rings. The van der Waals surface area contributed by atoms with Gasteiger partial charge in [-0.1, -0.05) is 36.4 Å². The van der Waals surface area contributed by atoms with E-state index in [1.54, 1.807) is 29.5 Å². The minimum absolute atomic E-state index is 0.336. The highest BCUT2D eigenvalue weighted by molar-refractivity contribution is 7.16. The molecule has 1 amide bonds. The van der Waals surface area contributed by atoms with Gasteiger partial charge < -0.3 is 9.72 Å². The molecule has 7 nitrogen and oxygen atoms in total. The van der Waals surface area contributed by atoms with Gasteiger partial charge in [0.15, 0.2) is 11.7 Å². The fourth-order valence-corrected chi connectivity index (χ4v) is 4.60. The Morgan fingerprint density at radius 2 is 1.88 bits per heavy atom. The number of hydrogen-bond donors (Lipinski definition) is 2. The molecule has 158 valence electrons. The summed E-state index contributed by atoms with van der Waals surface area (Å²) in [6.45, 7) is -0.400. The number of thiophene rings is 1. The standard InChI is InChI=1S/C23H16N4O3S2/c28-20(27-23-26-18(13-32-23)19-7-4-10-31-19)12-30-22(29)15-8-9-16-17(11-15)25-21(24-16)14-5-2-1-3-6-14/h1-11,13H,12H2,(H,24,25)(H,26,27,28). The average molecular weight is 461 g/mol. The van der Waals surface area contributed by atoms with Gasteiger partial charge in [-0.2, -0.15) is 0 Å². The number of imidazole rings is 1. The minimum atomic E-state index is -0.587. The van der Waals surface area contributed by atoms with E-state index in [0.717, 1.165) is 27.5 Å². The van der Waals surface area contributed by atoms with Crippen LogP contribution >= 0.6 is 22.7 Å². The summed E-state index contributed by atoms with van der Waals surface area (Å²) in [7, 11) is 0. The van der Waals surface area contributed by atoms with Crippen molar-refractivity contribution in [3.63, 3.8) is 0 Å². The number of carbonyl (C=O) groups is 2. The quantitative estimate of drug-likeness (QED) is 0.339. The summed E-state index contributed by atoms with van der Waals surface area (Å²) in [5.41, 5.74) is 3.55. The molecule has 9 heteroatoms. The molecular formula is C23H16N4O3S2. The van der Waals surface area contributed by atoms with Crippen molar-refractivity contribution in [3.8, 4) is 22.0 Å². The number of ether oxygens (including phenoxy) is 1. The zero-order valence-corrected chi connectivity index (χ0v) is 18.2. The highest BCUT2D eigenvalue weighted by atomic mass is 32.1. The number of nitrogens with one attached hydrogen (secondary N) is 2. The lowest BCUT2D eigenvalue weighted by atomic mass is 10.2. The first-order valence-electron chi connectivity index (χ1n) is 9.67.